The van der Waals surface area contributed by atoms with Crippen LogP contribution >= 0.6 is 0 Å². The first-order valence-electron chi connectivity index (χ1n) is 15.2. The highest BCUT2D eigenvalue weighted by Gasteiger charge is 2.41. The van der Waals surface area contributed by atoms with Crippen LogP contribution in [0.4, 0.5) is 4.79 Å². The molecule has 3 saturated heterocycles. The Morgan fingerprint density at radius 2 is 1.40 bits per heavy atom. The van der Waals surface area contributed by atoms with Crippen LogP contribution in [-0.2, 0) is 38.6 Å². The van der Waals surface area contributed by atoms with Crippen LogP contribution in [0.2, 0.25) is 0 Å². The minimum absolute atomic E-state index is 0.0138. The number of amides is 2. The maximum Gasteiger partial charge on any atom is 0.315 e. The molecule has 3 aromatic rings. The van der Waals surface area contributed by atoms with Crippen LogP contribution in [0.1, 0.15) is 59.5 Å². The van der Waals surface area contributed by atoms with Gasteiger partial charge in [0.1, 0.15) is 0 Å². The summed E-state index contributed by atoms with van der Waals surface area (Å²) < 4.78 is 24.9. The van der Waals surface area contributed by atoms with Gasteiger partial charge in [-0.05, 0) is 22.3 Å². The minimum Gasteiger partial charge on any atom is -0.392 e. The van der Waals surface area contributed by atoms with Crippen molar-refractivity contribution in [3.63, 3.8) is 0 Å². The Labute approximate surface area is 253 Å². The Morgan fingerprint density at radius 3 is 2.05 bits per heavy atom. The van der Waals surface area contributed by atoms with E-state index in [0.717, 1.165) is 66.7 Å². The smallest absolute Gasteiger partial charge is 0.315 e. The number of ether oxygens (including phenoxy) is 4. The third kappa shape index (κ3) is 7.80. The number of aliphatic hydroxyl groups excluding tert-OH is 1. The Morgan fingerprint density at radius 1 is 0.791 bits per heavy atom. The number of hydrogen-bond acceptors (Lipinski definition) is 7. The van der Waals surface area contributed by atoms with E-state index in [1.165, 1.54) is 0 Å². The number of carbonyl (C=O) groups is 1. The van der Waals surface area contributed by atoms with Gasteiger partial charge < -0.3 is 39.6 Å². The summed E-state index contributed by atoms with van der Waals surface area (Å²) in [6, 6.07) is 25.6. The van der Waals surface area contributed by atoms with Gasteiger partial charge in [0, 0.05) is 57.5 Å². The summed E-state index contributed by atoms with van der Waals surface area (Å²) in [5.74, 6) is -0.397. The van der Waals surface area contributed by atoms with E-state index < -0.39 is 12.1 Å². The monoisotopic (exact) mass is 587 g/mol. The zero-order chi connectivity index (χ0) is 29.5. The molecule has 3 aromatic carbocycles. The number of benzene rings is 3. The zero-order valence-corrected chi connectivity index (χ0v) is 24.5. The van der Waals surface area contributed by atoms with Gasteiger partial charge in [-0.1, -0.05) is 78.9 Å². The molecule has 9 heteroatoms. The maximum atomic E-state index is 12.3. The number of hydrogen-bond donors (Lipinski definition) is 3. The normalized spacial score (nSPS) is 23.7. The van der Waals surface area contributed by atoms with E-state index in [1.807, 2.05) is 78.9 Å². The molecule has 1 spiro atoms. The number of nitrogens with zero attached hydrogens (tertiary/aromatic N) is 1. The van der Waals surface area contributed by atoms with Crippen LogP contribution in [0, 0.1) is 0 Å². The average Bonchev–Trinajstić information content (AvgIpc) is 3.52. The molecule has 3 fully saturated rings. The molecular formula is C34H41N3O6. The number of urea groups is 1. The van der Waals surface area contributed by atoms with E-state index in [2.05, 4.69) is 15.5 Å². The van der Waals surface area contributed by atoms with E-state index in [9.17, 15) is 9.90 Å². The lowest BCUT2D eigenvalue weighted by molar-refractivity contribution is -0.255. The summed E-state index contributed by atoms with van der Waals surface area (Å²) in [6.07, 6.45) is 1.80. The Bertz CT molecular complexity index is 1300. The average molecular weight is 588 g/mol. The first-order valence-corrected chi connectivity index (χ1v) is 15.2. The molecule has 0 aliphatic carbocycles. The molecule has 228 valence electrons. The highest BCUT2D eigenvalue weighted by atomic mass is 16.7. The van der Waals surface area contributed by atoms with Crippen LogP contribution < -0.4 is 10.6 Å². The van der Waals surface area contributed by atoms with Gasteiger partial charge in [-0.2, -0.15) is 0 Å². The molecule has 0 aromatic heterocycles. The van der Waals surface area contributed by atoms with Gasteiger partial charge in [-0.15, -0.1) is 0 Å². The van der Waals surface area contributed by atoms with Crippen molar-refractivity contribution in [2.24, 2.45) is 0 Å². The van der Waals surface area contributed by atoms with Crippen molar-refractivity contribution in [3.05, 3.63) is 107 Å². The SMILES string of the molecule is O=C(NCc1ccccc1)NCc1ccc([C@@H]2O[C@H](CN3CCC4(CC3)OCCO4)C[C@H](c3ccc(CO)cc3)O2)cc1. The van der Waals surface area contributed by atoms with Crippen molar-refractivity contribution in [2.75, 3.05) is 32.8 Å². The van der Waals surface area contributed by atoms with E-state index in [-0.39, 0.29) is 24.8 Å². The molecule has 6 rings (SSSR count). The molecule has 3 heterocycles. The molecule has 0 unspecified atom stereocenters. The molecule has 3 N–H and O–H groups in total. The van der Waals surface area contributed by atoms with E-state index in [1.54, 1.807) is 0 Å². The second-order valence-corrected chi connectivity index (χ2v) is 11.5. The van der Waals surface area contributed by atoms with Gasteiger partial charge in [-0.3, -0.25) is 0 Å². The third-order valence-electron chi connectivity index (χ3n) is 8.51. The largest absolute Gasteiger partial charge is 0.392 e. The standard InChI is InChI=1S/C34H41N3O6/c38-24-27-8-10-28(11-9-27)31-20-30(23-37-16-14-34(15-17-37)40-18-19-41-34)42-32(43-31)29-12-6-26(7-13-29)22-36-33(39)35-21-25-4-2-1-3-5-25/h1-13,30-32,38H,14-24H2,(H2,35,36,39)/t30-,31+,32+/m0/s1. The van der Waals surface area contributed by atoms with Gasteiger partial charge in [0.05, 0.1) is 32.0 Å². The Balaban J connectivity index is 1.07. The number of aliphatic hydroxyl groups is 1. The summed E-state index contributed by atoms with van der Waals surface area (Å²) in [7, 11) is 0. The molecule has 43 heavy (non-hydrogen) atoms. The van der Waals surface area contributed by atoms with E-state index in [0.29, 0.717) is 26.3 Å². The molecule has 3 aliphatic heterocycles. The highest BCUT2D eigenvalue weighted by Crippen LogP contribution is 2.39. The van der Waals surface area contributed by atoms with Crippen LogP contribution in [0.5, 0.6) is 0 Å². The lowest BCUT2D eigenvalue weighted by atomic mass is 9.98. The molecule has 2 amide bonds. The number of piperidine rings is 1. The van der Waals surface area contributed by atoms with Crippen molar-refractivity contribution >= 4 is 6.03 Å². The lowest BCUT2D eigenvalue weighted by Gasteiger charge is -2.41. The molecule has 3 atom stereocenters. The number of likely N-dealkylation sites (tertiary alicyclic amines) is 1. The first kappa shape index (κ1) is 29.7. The number of nitrogens with one attached hydrogen (secondary N) is 2. The highest BCUT2D eigenvalue weighted by molar-refractivity contribution is 5.73. The summed E-state index contributed by atoms with van der Waals surface area (Å²) in [6.45, 7) is 4.88. The third-order valence-corrected chi connectivity index (χ3v) is 8.51. The van der Waals surface area contributed by atoms with Gasteiger partial charge in [0.25, 0.3) is 0 Å². The van der Waals surface area contributed by atoms with E-state index >= 15 is 0 Å². The van der Waals surface area contributed by atoms with Crippen LogP contribution in [0.3, 0.4) is 0 Å². The topological polar surface area (TPSA) is 102 Å². The molecular weight excluding hydrogens is 546 g/mol. The van der Waals surface area contributed by atoms with Gasteiger partial charge in [0.2, 0.25) is 0 Å². The molecule has 0 bridgehead atoms. The van der Waals surface area contributed by atoms with Gasteiger partial charge in [0.15, 0.2) is 12.1 Å². The van der Waals surface area contributed by atoms with E-state index in [4.69, 9.17) is 18.9 Å². The van der Waals surface area contributed by atoms with Crippen LogP contribution in [0.25, 0.3) is 0 Å². The number of carbonyl (C=O) groups excluding carboxylic acids is 1. The fourth-order valence-corrected chi connectivity index (χ4v) is 6.00. The zero-order valence-electron chi connectivity index (χ0n) is 24.5. The fourth-order valence-electron chi connectivity index (χ4n) is 6.00. The fraction of sp³-hybridized carbons (Fsp3) is 0.441. The summed E-state index contributed by atoms with van der Waals surface area (Å²) in [4.78, 5) is 14.7. The lowest BCUT2D eigenvalue weighted by Crippen LogP contribution is -2.48. The quantitative estimate of drug-likeness (QED) is 0.337. The van der Waals surface area contributed by atoms with Gasteiger partial charge in [-0.25, -0.2) is 4.79 Å². The second kappa shape index (κ2) is 14.0. The molecule has 0 radical (unpaired) electrons. The van der Waals surface area contributed by atoms with Crippen molar-refractivity contribution in [2.45, 2.75) is 63.2 Å². The number of rotatable bonds is 9. The van der Waals surface area contributed by atoms with Crippen molar-refractivity contribution in [1.29, 1.82) is 0 Å². The minimum atomic E-state index is -0.518. The summed E-state index contributed by atoms with van der Waals surface area (Å²) in [5, 5.41) is 15.3. The predicted octanol–water partition coefficient (Wildman–Crippen LogP) is 4.56. The summed E-state index contributed by atoms with van der Waals surface area (Å²) >= 11 is 0. The molecule has 3 aliphatic rings. The summed E-state index contributed by atoms with van der Waals surface area (Å²) in [5.41, 5.74) is 4.92. The van der Waals surface area contributed by atoms with Crippen molar-refractivity contribution in [1.82, 2.24) is 15.5 Å². The molecule has 0 saturated carbocycles. The van der Waals surface area contributed by atoms with Crippen molar-refractivity contribution in [3.8, 4) is 0 Å². The van der Waals surface area contributed by atoms with Crippen LogP contribution in [0.15, 0.2) is 78.9 Å². The van der Waals surface area contributed by atoms with Crippen molar-refractivity contribution < 1.29 is 28.8 Å². The first-order chi connectivity index (χ1) is 21.1. The van der Waals surface area contributed by atoms with Gasteiger partial charge >= 0.3 is 6.03 Å². The second-order valence-electron chi connectivity index (χ2n) is 11.5. The Hall–Kier alpha value is -3.31. The maximum absolute atomic E-state index is 12.3. The van der Waals surface area contributed by atoms with Crippen LogP contribution in [-0.4, -0.2) is 60.8 Å². The molecule has 9 nitrogen and oxygen atoms in total. The Kier molecular flexibility index (Phi) is 9.67. The predicted molar refractivity (Wildman–Crippen MR) is 161 cm³/mol.